The Morgan fingerprint density at radius 3 is 2.33 bits per heavy atom. The first-order chi connectivity index (χ1) is 10.2. The topological polar surface area (TPSA) is 39.1 Å². The van der Waals surface area contributed by atoms with E-state index < -0.39 is 0 Å². The predicted octanol–water partition coefficient (Wildman–Crippen LogP) is 4.80. The normalized spacial score (nSPS) is 10.0. The number of rotatable bonds is 5. The van der Waals surface area contributed by atoms with Gasteiger partial charge >= 0.3 is 0 Å². The molecule has 0 radical (unpaired) electrons. The lowest BCUT2D eigenvalue weighted by Gasteiger charge is -2.21. The van der Waals surface area contributed by atoms with E-state index in [9.17, 15) is 0 Å². The summed E-state index contributed by atoms with van der Waals surface area (Å²) < 4.78 is 0. The number of anilines is 3. The van der Waals surface area contributed by atoms with Crippen molar-refractivity contribution in [2.24, 2.45) is 0 Å². The molecule has 0 aromatic heterocycles. The van der Waals surface area contributed by atoms with Crippen molar-refractivity contribution >= 4 is 28.7 Å². The first-order valence-electron chi connectivity index (χ1n) is 6.99. The van der Waals surface area contributed by atoms with Crippen molar-refractivity contribution in [1.82, 2.24) is 0 Å². The second-order valence-corrected chi connectivity index (χ2v) is 5.08. The molecule has 0 heterocycles. The fourth-order valence-electron chi connectivity index (χ4n) is 2.22. The molecule has 1 N–H and O–H groups in total. The van der Waals surface area contributed by atoms with Gasteiger partial charge in [-0.1, -0.05) is 11.6 Å². The summed E-state index contributed by atoms with van der Waals surface area (Å²) in [6.07, 6.45) is 0. The SMILES string of the molecule is CCN(CC)c1ccc(Nc2cc(Cl)ccc2C#N)cc1. The quantitative estimate of drug-likeness (QED) is 0.862. The molecule has 108 valence electrons. The maximum absolute atomic E-state index is 9.13. The standard InChI is InChI=1S/C17H18ClN3/c1-3-21(4-2)16-9-7-15(8-10-16)20-17-11-14(18)6-5-13(17)12-19/h5-11,20H,3-4H2,1-2H3. The Balaban J connectivity index is 2.21. The van der Waals surface area contributed by atoms with Gasteiger partial charge in [0.2, 0.25) is 0 Å². The van der Waals surface area contributed by atoms with Gasteiger partial charge in [0, 0.05) is 29.5 Å². The highest BCUT2D eigenvalue weighted by molar-refractivity contribution is 6.30. The van der Waals surface area contributed by atoms with Crippen LogP contribution in [0.3, 0.4) is 0 Å². The third-order valence-corrected chi connectivity index (χ3v) is 3.61. The molecule has 0 fully saturated rings. The molecule has 2 aromatic carbocycles. The Morgan fingerprint density at radius 1 is 1.10 bits per heavy atom. The Kier molecular flexibility index (Phi) is 5.08. The number of nitrogens with one attached hydrogen (secondary N) is 1. The van der Waals surface area contributed by atoms with E-state index in [1.165, 1.54) is 5.69 Å². The molecular weight excluding hydrogens is 282 g/mol. The summed E-state index contributed by atoms with van der Waals surface area (Å²) in [5.41, 5.74) is 3.43. The maximum atomic E-state index is 9.13. The summed E-state index contributed by atoms with van der Waals surface area (Å²) >= 11 is 5.99. The van der Waals surface area contributed by atoms with Crippen LogP contribution in [-0.2, 0) is 0 Å². The highest BCUT2D eigenvalue weighted by Gasteiger charge is 2.05. The van der Waals surface area contributed by atoms with Crippen molar-refractivity contribution in [3.8, 4) is 6.07 Å². The Hall–Kier alpha value is -2.18. The van der Waals surface area contributed by atoms with E-state index in [0.717, 1.165) is 24.5 Å². The lowest BCUT2D eigenvalue weighted by atomic mass is 10.2. The minimum Gasteiger partial charge on any atom is -0.372 e. The minimum absolute atomic E-state index is 0.576. The molecule has 0 bridgehead atoms. The third-order valence-electron chi connectivity index (χ3n) is 3.38. The van der Waals surface area contributed by atoms with Crippen molar-refractivity contribution in [2.45, 2.75) is 13.8 Å². The second kappa shape index (κ2) is 7.01. The maximum Gasteiger partial charge on any atom is 0.101 e. The molecule has 0 unspecified atom stereocenters. The van der Waals surface area contributed by atoms with Crippen molar-refractivity contribution in [1.29, 1.82) is 5.26 Å². The Bertz CT molecular complexity index is 640. The number of halogens is 1. The van der Waals surface area contributed by atoms with Crippen LogP contribution in [0.25, 0.3) is 0 Å². The molecule has 0 aliphatic rings. The molecule has 4 heteroatoms. The van der Waals surface area contributed by atoms with E-state index in [0.29, 0.717) is 10.6 Å². The summed E-state index contributed by atoms with van der Waals surface area (Å²) in [4.78, 5) is 2.28. The van der Waals surface area contributed by atoms with E-state index >= 15 is 0 Å². The molecule has 0 spiro atoms. The van der Waals surface area contributed by atoms with Crippen LogP contribution in [0, 0.1) is 11.3 Å². The van der Waals surface area contributed by atoms with Crippen LogP contribution in [0.15, 0.2) is 42.5 Å². The molecule has 2 rings (SSSR count). The van der Waals surface area contributed by atoms with Crippen molar-refractivity contribution in [3.05, 3.63) is 53.1 Å². The minimum atomic E-state index is 0.576. The molecular formula is C17H18ClN3. The fraction of sp³-hybridized carbons (Fsp3) is 0.235. The number of hydrogen-bond donors (Lipinski definition) is 1. The van der Waals surface area contributed by atoms with Crippen LogP contribution in [-0.4, -0.2) is 13.1 Å². The summed E-state index contributed by atoms with van der Waals surface area (Å²) in [6, 6.07) is 15.5. The van der Waals surface area contributed by atoms with Gasteiger partial charge < -0.3 is 10.2 Å². The summed E-state index contributed by atoms with van der Waals surface area (Å²) in [5.74, 6) is 0. The second-order valence-electron chi connectivity index (χ2n) is 4.65. The monoisotopic (exact) mass is 299 g/mol. The predicted molar refractivity (Wildman–Crippen MR) is 89.5 cm³/mol. The summed E-state index contributed by atoms with van der Waals surface area (Å²) in [6.45, 7) is 6.24. The lowest BCUT2D eigenvalue weighted by Crippen LogP contribution is -2.21. The average Bonchev–Trinajstić information content (AvgIpc) is 2.50. The van der Waals surface area contributed by atoms with E-state index in [1.807, 2.05) is 12.1 Å². The number of nitriles is 1. The molecule has 3 nitrogen and oxygen atoms in total. The first-order valence-corrected chi connectivity index (χ1v) is 7.37. The van der Waals surface area contributed by atoms with E-state index in [4.69, 9.17) is 16.9 Å². The molecule has 2 aromatic rings. The smallest absolute Gasteiger partial charge is 0.101 e. The molecule has 0 saturated heterocycles. The van der Waals surface area contributed by atoms with Gasteiger partial charge in [-0.25, -0.2) is 0 Å². The summed E-state index contributed by atoms with van der Waals surface area (Å²) in [7, 11) is 0. The number of nitrogens with zero attached hydrogens (tertiary/aromatic N) is 2. The lowest BCUT2D eigenvalue weighted by molar-refractivity contribution is 0.866. The van der Waals surface area contributed by atoms with Crippen LogP contribution >= 0.6 is 11.6 Å². The van der Waals surface area contributed by atoms with Gasteiger partial charge in [-0.2, -0.15) is 5.26 Å². The van der Waals surface area contributed by atoms with Crippen molar-refractivity contribution in [2.75, 3.05) is 23.3 Å². The van der Waals surface area contributed by atoms with Crippen molar-refractivity contribution < 1.29 is 0 Å². The van der Waals surface area contributed by atoms with E-state index in [-0.39, 0.29) is 0 Å². The van der Waals surface area contributed by atoms with E-state index in [1.54, 1.807) is 18.2 Å². The molecule has 21 heavy (non-hydrogen) atoms. The number of benzene rings is 2. The van der Waals surface area contributed by atoms with Crippen LogP contribution in [0.4, 0.5) is 17.1 Å². The first kappa shape index (κ1) is 15.2. The van der Waals surface area contributed by atoms with Crippen LogP contribution in [0.5, 0.6) is 0 Å². The largest absolute Gasteiger partial charge is 0.372 e. The van der Waals surface area contributed by atoms with Crippen LogP contribution in [0.1, 0.15) is 19.4 Å². The van der Waals surface area contributed by atoms with Crippen LogP contribution < -0.4 is 10.2 Å². The van der Waals surface area contributed by atoms with Crippen molar-refractivity contribution in [3.63, 3.8) is 0 Å². The van der Waals surface area contributed by atoms with Gasteiger partial charge in [0.05, 0.1) is 11.3 Å². The third kappa shape index (κ3) is 3.68. The van der Waals surface area contributed by atoms with Gasteiger partial charge in [0.1, 0.15) is 6.07 Å². The zero-order valence-electron chi connectivity index (χ0n) is 12.2. The number of hydrogen-bond acceptors (Lipinski definition) is 3. The Labute approximate surface area is 130 Å². The van der Waals surface area contributed by atoms with Crippen LogP contribution in [0.2, 0.25) is 5.02 Å². The highest BCUT2D eigenvalue weighted by Crippen LogP contribution is 2.25. The zero-order valence-corrected chi connectivity index (χ0v) is 13.0. The zero-order chi connectivity index (χ0) is 15.2. The molecule has 0 atom stereocenters. The highest BCUT2D eigenvalue weighted by atomic mass is 35.5. The van der Waals surface area contributed by atoms with Gasteiger partial charge in [-0.15, -0.1) is 0 Å². The molecule has 0 aliphatic carbocycles. The van der Waals surface area contributed by atoms with Gasteiger partial charge in [-0.05, 0) is 56.3 Å². The molecule has 0 amide bonds. The Morgan fingerprint density at radius 2 is 1.76 bits per heavy atom. The fourth-order valence-corrected chi connectivity index (χ4v) is 2.39. The van der Waals surface area contributed by atoms with Gasteiger partial charge in [-0.3, -0.25) is 0 Å². The molecule has 0 aliphatic heterocycles. The van der Waals surface area contributed by atoms with Gasteiger partial charge in [0.25, 0.3) is 0 Å². The molecule has 0 saturated carbocycles. The van der Waals surface area contributed by atoms with E-state index in [2.05, 4.69) is 42.3 Å². The summed E-state index contributed by atoms with van der Waals surface area (Å²) in [5, 5.41) is 13.0. The average molecular weight is 300 g/mol. The van der Waals surface area contributed by atoms with Gasteiger partial charge in [0.15, 0.2) is 0 Å².